The van der Waals surface area contributed by atoms with Gasteiger partial charge in [-0.15, -0.1) is 0 Å². The summed E-state index contributed by atoms with van der Waals surface area (Å²) < 4.78 is 0. The van der Waals surface area contributed by atoms with Crippen molar-refractivity contribution in [1.82, 2.24) is 15.1 Å². The summed E-state index contributed by atoms with van der Waals surface area (Å²) in [5.74, 6) is 0.469. The van der Waals surface area contributed by atoms with Gasteiger partial charge in [-0.05, 0) is 31.4 Å². The first kappa shape index (κ1) is 17.0. The molecule has 2 amide bonds. The summed E-state index contributed by atoms with van der Waals surface area (Å²) in [6.07, 6.45) is 2.24. The van der Waals surface area contributed by atoms with Gasteiger partial charge in [0.15, 0.2) is 0 Å². The number of carbonyl (C=O) groups is 2. The van der Waals surface area contributed by atoms with E-state index in [1.54, 1.807) is 0 Å². The second kappa shape index (κ2) is 7.34. The van der Waals surface area contributed by atoms with Crippen LogP contribution in [0.1, 0.15) is 31.4 Å². The molecule has 0 spiro atoms. The minimum atomic E-state index is -0.580. The van der Waals surface area contributed by atoms with Crippen molar-refractivity contribution in [3.05, 3.63) is 35.9 Å². The lowest BCUT2D eigenvalue weighted by Gasteiger charge is -2.35. The van der Waals surface area contributed by atoms with Crippen molar-refractivity contribution in [2.75, 3.05) is 33.2 Å². The predicted octanol–water partition coefficient (Wildman–Crippen LogP) is 1.66. The SMILES string of the molecule is CC(C(=O)NC(C(=O)N1CCN(C)CC1)c1ccccc1)C1CC1. The second-order valence-electron chi connectivity index (χ2n) is 7.11. The van der Waals surface area contributed by atoms with Gasteiger partial charge in [-0.2, -0.15) is 0 Å². The molecule has 2 atom stereocenters. The van der Waals surface area contributed by atoms with Crippen LogP contribution >= 0.6 is 0 Å². The highest BCUT2D eigenvalue weighted by Gasteiger charge is 2.35. The second-order valence-corrected chi connectivity index (χ2v) is 7.11. The summed E-state index contributed by atoms with van der Waals surface area (Å²) in [4.78, 5) is 29.7. The van der Waals surface area contributed by atoms with Gasteiger partial charge in [-0.3, -0.25) is 9.59 Å². The van der Waals surface area contributed by atoms with Gasteiger partial charge in [0, 0.05) is 32.1 Å². The van der Waals surface area contributed by atoms with Gasteiger partial charge in [-0.25, -0.2) is 0 Å². The maximum absolute atomic E-state index is 13.0. The van der Waals surface area contributed by atoms with Crippen LogP contribution in [0, 0.1) is 11.8 Å². The third-order valence-electron chi connectivity index (χ3n) is 5.22. The Labute approximate surface area is 144 Å². The van der Waals surface area contributed by atoms with Crippen molar-refractivity contribution in [1.29, 1.82) is 0 Å². The normalized spacial score (nSPS) is 21.2. The van der Waals surface area contributed by atoms with Gasteiger partial charge >= 0.3 is 0 Å². The number of amides is 2. The molecular weight excluding hydrogens is 302 g/mol. The fourth-order valence-electron chi connectivity index (χ4n) is 3.23. The zero-order valence-corrected chi connectivity index (χ0v) is 14.6. The first-order valence-electron chi connectivity index (χ1n) is 8.89. The summed E-state index contributed by atoms with van der Waals surface area (Å²) >= 11 is 0. The molecule has 24 heavy (non-hydrogen) atoms. The summed E-state index contributed by atoms with van der Waals surface area (Å²) in [6, 6.07) is 9.01. The van der Waals surface area contributed by atoms with E-state index in [1.807, 2.05) is 42.2 Å². The number of hydrogen-bond donors (Lipinski definition) is 1. The molecule has 2 fully saturated rings. The van der Waals surface area contributed by atoms with Crippen LogP contribution in [-0.4, -0.2) is 54.8 Å². The standard InChI is InChI=1S/C19H27N3O2/c1-14(15-8-9-15)18(23)20-17(16-6-4-3-5-7-16)19(24)22-12-10-21(2)11-13-22/h3-7,14-15,17H,8-13H2,1-2H3,(H,20,23). The Balaban J connectivity index is 1.74. The number of piperazine rings is 1. The number of likely N-dealkylation sites (N-methyl/N-ethyl adjacent to an activating group) is 1. The van der Waals surface area contributed by atoms with Crippen LogP contribution in [0.2, 0.25) is 0 Å². The van der Waals surface area contributed by atoms with E-state index >= 15 is 0 Å². The van der Waals surface area contributed by atoms with Crippen LogP contribution < -0.4 is 5.32 Å². The summed E-state index contributed by atoms with van der Waals surface area (Å²) in [6.45, 7) is 5.15. The van der Waals surface area contributed by atoms with Gasteiger partial charge in [0.2, 0.25) is 11.8 Å². The van der Waals surface area contributed by atoms with Gasteiger partial charge < -0.3 is 15.1 Å². The van der Waals surface area contributed by atoms with E-state index in [1.165, 1.54) is 0 Å². The average Bonchev–Trinajstić information content (AvgIpc) is 3.44. The molecule has 1 saturated carbocycles. The smallest absolute Gasteiger partial charge is 0.249 e. The molecule has 0 bridgehead atoms. The minimum absolute atomic E-state index is 0.00523. The number of rotatable bonds is 5. The van der Waals surface area contributed by atoms with Gasteiger partial charge in [0.05, 0.1) is 0 Å². The summed E-state index contributed by atoms with van der Waals surface area (Å²) in [5.41, 5.74) is 0.859. The van der Waals surface area contributed by atoms with E-state index in [9.17, 15) is 9.59 Å². The topological polar surface area (TPSA) is 52.7 Å². The largest absolute Gasteiger partial charge is 0.340 e. The number of hydrogen-bond acceptors (Lipinski definition) is 3. The molecule has 130 valence electrons. The molecule has 5 nitrogen and oxygen atoms in total. The molecule has 1 heterocycles. The van der Waals surface area contributed by atoms with E-state index in [2.05, 4.69) is 17.3 Å². The van der Waals surface area contributed by atoms with Crippen LogP contribution in [0.4, 0.5) is 0 Å². The van der Waals surface area contributed by atoms with Crippen LogP contribution in [0.5, 0.6) is 0 Å². The first-order valence-corrected chi connectivity index (χ1v) is 8.89. The molecule has 2 unspecified atom stereocenters. The Kier molecular flexibility index (Phi) is 5.19. The molecule has 1 aromatic rings. The van der Waals surface area contributed by atoms with Gasteiger partial charge in [-0.1, -0.05) is 37.3 Å². The van der Waals surface area contributed by atoms with Crippen molar-refractivity contribution in [2.24, 2.45) is 11.8 Å². The lowest BCUT2D eigenvalue weighted by molar-refractivity contribution is -0.139. The summed E-state index contributed by atoms with van der Waals surface area (Å²) in [5, 5.41) is 3.02. The number of nitrogens with one attached hydrogen (secondary N) is 1. The predicted molar refractivity (Wildman–Crippen MR) is 93.3 cm³/mol. The van der Waals surface area contributed by atoms with Crippen molar-refractivity contribution in [3.8, 4) is 0 Å². The zero-order chi connectivity index (χ0) is 17.1. The monoisotopic (exact) mass is 329 g/mol. The number of nitrogens with zero attached hydrogens (tertiary/aromatic N) is 2. The Morgan fingerprint density at radius 3 is 2.29 bits per heavy atom. The zero-order valence-electron chi connectivity index (χ0n) is 14.6. The minimum Gasteiger partial charge on any atom is -0.340 e. The molecule has 0 aromatic heterocycles. The molecular formula is C19H27N3O2. The quantitative estimate of drug-likeness (QED) is 0.894. The van der Waals surface area contributed by atoms with Crippen LogP contribution in [0.15, 0.2) is 30.3 Å². The Morgan fingerprint density at radius 1 is 1.08 bits per heavy atom. The lowest BCUT2D eigenvalue weighted by Crippen LogP contribution is -2.51. The summed E-state index contributed by atoms with van der Waals surface area (Å²) in [7, 11) is 2.07. The van der Waals surface area contributed by atoms with Crippen molar-refractivity contribution in [2.45, 2.75) is 25.8 Å². The van der Waals surface area contributed by atoms with Crippen LogP contribution in [0.25, 0.3) is 0 Å². The molecule has 1 aromatic carbocycles. The van der Waals surface area contributed by atoms with Gasteiger partial charge in [0.25, 0.3) is 0 Å². The lowest BCUT2D eigenvalue weighted by atomic mass is 10.0. The maximum Gasteiger partial charge on any atom is 0.249 e. The van der Waals surface area contributed by atoms with Crippen molar-refractivity contribution < 1.29 is 9.59 Å². The third kappa shape index (κ3) is 3.96. The van der Waals surface area contributed by atoms with Crippen LogP contribution in [-0.2, 0) is 9.59 Å². The Hall–Kier alpha value is -1.88. The highest BCUT2D eigenvalue weighted by atomic mass is 16.2. The fraction of sp³-hybridized carbons (Fsp3) is 0.579. The van der Waals surface area contributed by atoms with E-state index in [0.29, 0.717) is 19.0 Å². The Morgan fingerprint density at radius 2 is 1.71 bits per heavy atom. The molecule has 1 aliphatic carbocycles. The molecule has 2 aliphatic rings. The average molecular weight is 329 g/mol. The number of carbonyl (C=O) groups excluding carboxylic acids is 2. The highest BCUT2D eigenvalue weighted by Crippen LogP contribution is 2.37. The number of benzene rings is 1. The molecule has 1 aliphatic heterocycles. The fourth-order valence-corrected chi connectivity index (χ4v) is 3.23. The van der Waals surface area contributed by atoms with E-state index in [-0.39, 0.29) is 17.7 Å². The van der Waals surface area contributed by atoms with Crippen molar-refractivity contribution >= 4 is 11.8 Å². The van der Waals surface area contributed by atoms with Gasteiger partial charge in [0.1, 0.15) is 6.04 Å². The molecule has 5 heteroatoms. The van der Waals surface area contributed by atoms with E-state index < -0.39 is 6.04 Å². The van der Waals surface area contributed by atoms with Crippen LogP contribution in [0.3, 0.4) is 0 Å². The third-order valence-corrected chi connectivity index (χ3v) is 5.22. The van der Waals surface area contributed by atoms with Crippen molar-refractivity contribution in [3.63, 3.8) is 0 Å². The maximum atomic E-state index is 13.0. The van der Waals surface area contributed by atoms with E-state index in [4.69, 9.17) is 0 Å². The molecule has 3 rings (SSSR count). The molecule has 0 radical (unpaired) electrons. The molecule has 1 saturated heterocycles. The Bertz CT molecular complexity index is 578. The first-order chi connectivity index (χ1) is 11.6. The van der Waals surface area contributed by atoms with E-state index in [0.717, 1.165) is 31.5 Å². The highest BCUT2D eigenvalue weighted by molar-refractivity contribution is 5.89. The molecule has 1 N–H and O–H groups in total.